The molecule has 29 heavy (non-hydrogen) atoms. The standard InChI is InChI=1S/C22H21N3O2S2/c26-20(23-13-11-16-6-5-15-28-16)10-4-14-25-18-8-1-2-9-19(18)29-21-17(22(25)27)7-3-12-24-21/h1-3,5-9,12,15H,4,10-11,13-14H2,(H,23,26). The quantitative estimate of drug-likeness (QED) is 0.612. The maximum atomic E-state index is 13.2. The SMILES string of the molecule is O=C(CCCN1C(=O)c2cccnc2Sc2ccccc21)NCCc1cccs1. The lowest BCUT2D eigenvalue weighted by Crippen LogP contribution is -2.33. The third-order valence-corrected chi connectivity index (χ3v) is 6.69. The molecule has 0 unspecified atom stereocenters. The van der Waals surface area contributed by atoms with Crippen molar-refractivity contribution in [3.63, 3.8) is 0 Å². The molecule has 0 atom stereocenters. The average Bonchev–Trinajstić information content (AvgIpc) is 3.22. The molecule has 0 bridgehead atoms. The van der Waals surface area contributed by atoms with E-state index in [0.29, 0.717) is 31.5 Å². The van der Waals surface area contributed by atoms with Gasteiger partial charge in [0.25, 0.3) is 5.91 Å². The van der Waals surface area contributed by atoms with E-state index in [2.05, 4.69) is 16.4 Å². The number of nitrogens with one attached hydrogen (secondary N) is 1. The fourth-order valence-electron chi connectivity index (χ4n) is 3.25. The fourth-order valence-corrected chi connectivity index (χ4v) is 4.97. The summed E-state index contributed by atoms with van der Waals surface area (Å²) in [5.41, 5.74) is 1.48. The molecule has 0 saturated carbocycles. The van der Waals surface area contributed by atoms with Crippen LogP contribution in [0.25, 0.3) is 0 Å². The second-order valence-electron chi connectivity index (χ2n) is 6.67. The highest BCUT2D eigenvalue weighted by molar-refractivity contribution is 7.99. The Morgan fingerprint density at radius 3 is 2.86 bits per heavy atom. The molecule has 2 amide bonds. The lowest BCUT2D eigenvalue weighted by Gasteiger charge is -2.22. The summed E-state index contributed by atoms with van der Waals surface area (Å²) in [6.07, 6.45) is 3.55. The van der Waals surface area contributed by atoms with Gasteiger partial charge in [0.15, 0.2) is 0 Å². The Hall–Kier alpha value is -2.64. The molecule has 2 aromatic heterocycles. The molecule has 3 heterocycles. The predicted octanol–water partition coefficient (Wildman–Crippen LogP) is 4.39. The van der Waals surface area contributed by atoms with E-state index in [0.717, 1.165) is 22.0 Å². The van der Waals surface area contributed by atoms with Crippen molar-refractivity contribution in [1.82, 2.24) is 10.3 Å². The topological polar surface area (TPSA) is 62.3 Å². The van der Waals surface area contributed by atoms with E-state index in [4.69, 9.17) is 0 Å². The van der Waals surface area contributed by atoms with Crippen LogP contribution in [0.4, 0.5) is 5.69 Å². The molecule has 4 rings (SSSR count). The number of para-hydroxylation sites is 1. The molecule has 0 radical (unpaired) electrons. The van der Waals surface area contributed by atoms with Gasteiger partial charge in [-0.3, -0.25) is 9.59 Å². The normalized spacial score (nSPS) is 12.8. The Morgan fingerprint density at radius 2 is 2.00 bits per heavy atom. The van der Waals surface area contributed by atoms with Gasteiger partial charge in [0, 0.05) is 35.5 Å². The van der Waals surface area contributed by atoms with Crippen LogP contribution in [0.2, 0.25) is 0 Å². The lowest BCUT2D eigenvalue weighted by molar-refractivity contribution is -0.121. The van der Waals surface area contributed by atoms with Crippen molar-refractivity contribution >= 4 is 40.6 Å². The Kier molecular flexibility index (Phi) is 6.27. The molecule has 0 aliphatic carbocycles. The van der Waals surface area contributed by atoms with Crippen LogP contribution in [-0.2, 0) is 11.2 Å². The van der Waals surface area contributed by atoms with Crippen molar-refractivity contribution in [3.8, 4) is 0 Å². The molecule has 5 nitrogen and oxygen atoms in total. The molecule has 0 saturated heterocycles. The van der Waals surface area contributed by atoms with E-state index >= 15 is 0 Å². The number of nitrogens with zero attached hydrogens (tertiary/aromatic N) is 2. The summed E-state index contributed by atoms with van der Waals surface area (Å²) in [5.74, 6) is -0.0443. The Labute approximate surface area is 178 Å². The van der Waals surface area contributed by atoms with Gasteiger partial charge in [-0.15, -0.1) is 11.3 Å². The summed E-state index contributed by atoms with van der Waals surface area (Å²) in [6, 6.07) is 15.5. The van der Waals surface area contributed by atoms with Gasteiger partial charge in [-0.1, -0.05) is 30.0 Å². The number of anilines is 1. The molecule has 0 spiro atoms. The van der Waals surface area contributed by atoms with Crippen LogP contribution >= 0.6 is 23.1 Å². The van der Waals surface area contributed by atoms with Crippen molar-refractivity contribution < 1.29 is 9.59 Å². The highest BCUT2D eigenvalue weighted by Gasteiger charge is 2.27. The lowest BCUT2D eigenvalue weighted by atomic mass is 10.2. The summed E-state index contributed by atoms with van der Waals surface area (Å²) < 4.78 is 0. The molecular weight excluding hydrogens is 402 g/mol. The summed E-state index contributed by atoms with van der Waals surface area (Å²) >= 11 is 3.21. The zero-order valence-electron chi connectivity index (χ0n) is 15.8. The molecule has 3 aromatic rings. The molecule has 1 aliphatic heterocycles. The summed E-state index contributed by atoms with van der Waals surface area (Å²) in [7, 11) is 0. The maximum absolute atomic E-state index is 13.2. The van der Waals surface area contributed by atoms with Gasteiger partial charge in [0.1, 0.15) is 5.03 Å². The van der Waals surface area contributed by atoms with Crippen LogP contribution < -0.4 is 10.2 Å². The number of carbonyl (C=O) groups excluding carboxylic acids is 2. The van der Waals surface area contributed by atoms with Crippen molar-refractivity contribution in [2.45, 2.75) is 29.2 Å². The Bertz CT molecular complexity index is 1000. The van der Waals surface area contributed by atoms with Crippen LogP contribution in [0.3, 0.4) is 0 Å². The average molecular weight is 424 g/mol. The van der Waals surface area contributed by atoms with Crippen molar-refractivity contribution in [1.29, 1.82) is 0 Å². The first-order chi connectivity index (χ1) is 14.2. The first-order valence-corrected chi connectivity index (χ1v) is 11.2. The number of benzene rings is 1. The molecule has 1 aliphatic rings. The van der Waals surface area contributed by atoms with Crippen LogP contribution in [-0.4, -0.2) is 29.9 Å². The number of thiophene rings is 1. The predicted molar refractivity (Wildman–Crippen MR) is 117 cm³/mol. The monoisotopic (exact) mass is 423 g/mol. The second-order valence-corrected chi connectivity index (χ2v) is 8.73. The molecular formula is C22H21N3O2S2. The van der Waals surface area contributed by atoms with E-state index in [1.807, 2.05) is 41.8 Å². The minimum atomic E-state index is -0.0661. The zero-order chi connectivity index (χ0) is 20.1. The fraction of sp³-hybridized carbons (Fsp3) is 0.227. The first kappa shape index (κ1) is 19.7. The molecule has 1 aromatic carbocycles. The van der Waals surface area contributed by atoms with Crippen LogP contribution in [0.1, 0.15) is 28.1 Å². The van der Waals surface area contributed by atoms with Crippen LogP contribution in [0, 0.1) is 0 Å². The van der Waals surface area contributed by atoms with E-state index in [-0.39, 0.29) is 11.8 Å². The summed E-state index contributed by atoms with van der Waals surface area (Å²) in [6.45, 7) is 1.13. The van der Waals surface area contributed by atoms with Crippen LogP contribution in [0.15, 0.2) is 70.0 Å². The van der Waals surface area contributed by atoms with E-state index in [1.165, 1.54) is 16.6 Å². The Morgan fingerprint density at radius 1 is 1.10 bits per heavy atom. The highest BCUT2D eigenvalue weighted by Crippen LogP contribution is 2.40. The van der Waals surface area contributed by atoms with Crippen molar-refractivity contribution in [2.24, 2.45) is 0 Å². The minimum Gasteiger partial charge on any atom is -0.356 e. The molecule has 1 N–H and O–H groups in total. The third-order valence-electron chi connectivity index (χ3n) is 4.67. The van der Waals surface area contributed by atoms with Crippen molar-refractivity contribution in [3.05, 3.63) is 70.5 Å². The number of fused-ring (bicyclic) bond motifs is 2. The summed E-state index contributed by atoms with van der Waals surface area (Å²) in [4.78, 5) is 33.7. The van der Waals surface area contributed by atoms with Gasteiger partial charge >= 0.3 is 0 Å². The third kappa shape index (κ3) is 4.68. The van der Waals surface area contributed by atoms with Gasteiger partial charge in [0.2, 0.25) is 5.91 Å². The number of hydrogen-bond acceptors (Lipinski definition) is 5. The first-order valence-electron chi connectivity index (χ1n) is 9.55. The molecule has 7 heteroatoms. The number of carbonyl (C=O) groups is 2. The van der Waals surface area contributed by atoms with E-state index < -0.39 is 0 Å². The number of amides is 2. The van der Waals surface area contributed by atoms with Crippen LogP contribution in [0.5, 0.6) is 0 Å². The maximum Gasteiger partial charge on any atom is 0.261 e. The zero-order valence-corrected chi connectivity index (χ0v) is 17.5. The van der Waals surface area contributed by atoms with Gasteiger partial charge in [-0.05, 0) is 48.6 Å². The molecule has 0 fully saturated rings. The van der Waals surface area contributed by atoms with Gasteiger partial charge in [-0.25, -0.2) is 4.98 Å². The smallest absolute Gasteiger partial charge is 0.261 e. The largest absolute Gasteiger partial charge is 0.356 e. The van der Waals surface area contributed by atoms with Gasteiger partial charge < -0.3 is 10.2 Å². The number of aromatic nitrogens is 1. The second kappa shape index (κ2) is 9.24. The van der Waals surface area contributed by atoms with Crippen molar-refractivity contribution in [2.75, 3.05) is 18.0 Å². The number of pyridine rings is 1. The number of rotatable bonds is 7. The number of hydrogen-bond donors (Lipinski definition) is 1. The van der Waals surface area contributed by atoms with Gasteiger partial charge in [0.05, 0.1) is 11.3 Å². The molecule has 148 valence electrons. The Balaban J connectivity index is 1.38. The van der Waals surface area contributed by atoms with Gasteiger partial charge in [-0.2, -0.15) is 0 Å². The highest BCUT2D eigenvalue weighted by atomic mass is 32.2. The minimum absolute atomic E-state index is 0.0218. The summed E-state index contributed by atoms with van der Waals surface area (Å²) in [5, 5.41) is 5.73. The van der Waals surface area contributed by atoms with E-state index in [9.17, 15) is 9.59 Å². The van der Waals surface area contributed by atoms with E-state index in [1.54, 1.807) is 28.5 Å².